The first-order chi connectivity index (χ1) is 4.40. The van der Waals surface area contributed by atoms with Crippen molar-refractivity contribution in [2.75, 3.05) is 7.05 Å². The molecule has 2 fully saturated rings. The van der Waals surface area contributed by atoms with Crippen LogP contribution in [-0.4, -0.2) is 13.1 Å². The summed E-state index contributed by atoms with van der Waals surface area (Å²) in [6.45, 7) is 0. The number of fused-ring (bicyclic) bond motifs is 2. The first-order valence-corrected chi connectivity index (χ1v) is 4.07. The van der Waals surface area contributed by atoms with Gasteiger partial charge in [-0.1, -0.05) is 6.42 Å². The average Bonchev–Trinajstić information content (AvgIpc) is 2.45. The molecule has 2 bridgehead atoms. The minimum atomic E-state index is 0.878. The zero-order valence-electron chi connectivity index (χ0n) is 6.06. The van der Waals surface area contributed by atoms with Crippen molar-refractivity contribution < 1.29 is 0 Å². The number of hydrogen-bond donors (Lipinski definition) is 1. The molecule has 52 valence electrons. The van der Waals surface area contributed by atoms with Gasteiger partial charge in [-0.2, -0.15) is 0 Å². The van der Waals surface area contributed by atoms with E-state index in [1.165, 1.54) is 25.7 Å². The van der Waals surface area contributed by atoms with Gasteiger partial charge in [-0.25, -0.2) is 0 Å². The Kier molecular flexibility index (Phi) is 1.26. The molecular formula is C8H15N. The third-order valence-corrected chi connectivity index (χ3v) is 3.11. The van der Waals surface area contributed by atoms with Crippen molar-refractivity contribution in [1.82, 2.24) is 5.32 Å². The maximum atomic E-state index is 3.40. The molecule has 2 aliphatic rings. The van der Waals surface area contributed by atoms with Gasteiger partial charge in [-0.15, -0.1) is 0 Å². The summed E-state index contributed by atoms with van der Waals surface area (Å²) in [4.78, 5) is 0. The first kappa shape index (κ1) is 5.72. The van der Waals surface area contributed by atoms with Crippen molar-refractivity contribution in [2.45, 2.75) is 31.7 Å². The van der Waals surface area contributed by atoms with Crippen LogP contribution in [0.3, 0.4) is 0 Å². The molecule has 2 saturated carbocycles. The standard InChI is InChI=1S/C8H15N/c1-9-8-5-6-2-3-7(8)4-6/h6-9H,2-5H2,1H3/t6-,7-,8+/m1/s1. The van der Waals surface area contributed by atoms with Crippen molar-refractivity contribution in [3.05, 3.63) is 0 Å². The fraction of sp³-hybridized carbons (Fsp3) is 1.00. The van der Waals surface area contributed by atoms with E-state index < -0.39 is 0 Å². The summed E-state index contributed by atoms with van der Waals surface area (Å²) in [6.07, 6.45) is 5.99. The van der Waals surface area contributed by atoms with Gasteiger partial charge in [0.15, 0.2) is 0 Å². The van der Waals surface area contributed by atoms with Gasteiger partial charge < -0.3 is 5.32 Å². The summed E-state index contributed by atoms with van der Waals surface area (Å²) in [7, 11) is 2.10. The summed E-state index contributed by atoms with van der Waals surface area (Å²) in [5, 5.41) is 3.40. The molecule has 3 atom stereocenters. The topological polar surface area (TPSA) is 12.0 Å². The highest BCUT2D eigenvalue weighted by Crippen LogP contribution is 2.44. The SMILES string of the molecule is CN[C@H]1C[C@@H]2CC[C@@H]1C2. The second kappa shape index (κ2) is 1.98. The Morgan fingerprint density at radius 2 is 2.11 bits per heavy atom. The van der Waals surface area contributed by atoms with E-state index in [0.717, 1.165) is 17.9 Å². The van der Waals surface area contributed by atoms with Crippen LogP contribution in [0.25, 0.3) is 0 Å². The molecule has 0 heterocycles. The van der Waals surface area contributed by atoms with Crippen molar-refractivity contribution in [3.63, 3.8) is 0 Å². The quantitative estimate of drug-likeness (QED) is 0.558. The van der Waals surface area contributed by atoms with E-state index in [1.54, 1.807) is 0 Å². The zero-order chi connectivity index (χ0) is 6.27. The van der Waals surface area contributed by atoms with E-state index in [9.17, 15) is 0 Å². The number of hydrogen-bond acceptors (Lipinski definition) is 1. The smallest absolute Gasteiger partial charge is 0.00950 e. The summed E-state index contributed by atoms with van der Waals surface area (Å²) in [5.41, 5.74) is 0. The van der Waals surface area contributed by atoms with Crippen LogP contribution in [0.1, 0.15) is 25.7 Å². The van der Waals surface area contributed by atoms with Crippen LogP contribution < -0.4 is 5.32 Å². The monoisotopic (exact) mass is 125 g/mol. The molecule has 0 radical (unpaired) electrons. The predicted octanol–water partition coefficient (Wildman–Crippen LogP) is 1.39. The van der Waals surface area contributed by atoms with Gasteiger partial charge in [-0.05, 0) is 38.1 Å². The van der Waals surface area contributed by atoms with Gasteiger partial charge >= 0.3 is 0 Å². The highest BCUT2D eigenvalue weighted by Gasteiger charge is 2.38. The number of rotatable bonds is 1. The van der Waals surface area contributed by atoms with Gasteiger partial charge in [0.05, 0.1) is 0 Å². The maximum absolute atomic E-state index is 3.40. The first-order valence-electron chi connectivity index (χ1n) is 4.07. The van der Waals surface area contributed by atoms with E-state index in [4.69, 9.17) is 0 Å². The fourth-order valence-electron chi connectivity index (χ4n) is 2.60. The van der Waals surface area contributed by atoms with Crippen LogP contribution in [0.4, 0.5) is 0 Å². The molecule has 0 spiro atoms. The molecule has 0 saturated heterocycles. The van der Waals surface area contributed by atoms with Crippen LogP contribution in [0.15, 0.2) is 0 Å². The molecule has 2 aliphatic carbocycles. The molecule has 0 aromatic rings. The molecule has 0 unspecified atom stereocenters. The van der Waals surface area contributed by atoms with E-state index in [-0.39, 0.29) is 0 Å². The van der Waals surface area contributed by atoms with Crippen LogP contribution >= 0.6 is 0 Å². The Labute approximate surface area is 56.8 Å². The minimum absolute atomic E-state index is 0.878. The molecule has 9 heavy (non-hydrogen) atoms. The van der Waals surface area contributed by atoms with Crippen molar-refractivity contribution in [1.29, 1.82) is 0 Å². The molecule has 0 aromatic heterocycles. The van der Waals surface area contributed by atoms with Crippen LogP contribution in [0, 0.1) is 11.8 Å². The molecule has 1 N–H and O–H groups in total. The summed E-state index contributed by atoms with van der Waals surface area (Å²) in [5.74, 6) is 2.13. The average molecular weight is 125 g/mol. The van der Waals surface area contributed by atoms with Gasteiger partial charge in [0.1, 0.15) is 0 Å². The van der Waals surface area contributed by atoms with Crippen molar-refractivity contribution >= 4 is 0 Å². The third kappa shape index (κ3) is 0.787. The van der Waals surface area contributed by atoms with Gasteiger partial charge in [0.25, 0.3) is 0 Å². The van der Waals surface area contributed by atoms with Crippen molar-refractivity contribution in [2.24, 2.45) is 11.8 Å². The Morgan fingerprint density at radius 1 is 1.22 bits per heavy atom. The molecule has 0 amide bonds. The van der Waals surface area contributed by atoms with E-state index in [1.807, 2.05) is 0 Å². The second-order valence-electron chi connectivity index (χ2n) is 3.57. The van der Waals surface area contributed by atoms with Gasteiger partial charge in [0.2, 0.25) is 0 Å². The predicted molar refractivity (Wildman–Crippen MR) is 38.3 cm³/mol. The van der Waals surface area contributed by atoms with E-state index in [2.05, 4.69) is 12.4 Å². The van der Waals surface area contributed by atoms with Crippen molar-refractivity contribution in [3.8, 4) is 0 Å². The molecule has 1 nitrogen and oxygen atoms in total. The Bertz CT molecular complexity index is 111. The molecular weight excluding hydrogens is 110 g/mol. The lowest BCUT2D eigenvalue weighted by Gasteiger charge is -2.20. The Morgan fingerprint density at radius 3 is 2.44 bits per heavy atom. The highest BCUT2D eigenvalue weighted by atomic mass is 14.9. The lowest BCUT2D eigenvalue weighted by molar-refractivity contribution is 0.372. The Hall–Kier alpha value is -0.0400. The summed E-state index contributed by atoms with van der Waals surface area (Å²) in [6, 6.07) is 0.878. The van der Waals surface area contributed by atoms with Crippen LogP contribution in [0.2, 0.25) is 0 Å². The highest BCUT2D eigenvalue weighted by molar-refractivity contribution is 4.93. The zero-order valence-corrected chi connectivity index (χ0v) is 6.06. The largest absolute Gasteiger partial charge is 0.317 e. The molecule has 1 heteroatoms. The van der Waals surface area contributed by atoms with Crippen LogP contribution in [-0.2, 0) is 0 Å². The molecule has 2 rings (SSSR count). The fourth-order valence-corrected chi connectivity index (χ4v) is 2.60. The summed E-state index contributed by atoms with van der Waals surface area (Å²) < 4.78 is 0. The van der Waals surface area contributed by atoms with E-state index in [0.29, 0.717) is 0 Å². The third-order valence-electron chi connectivity index (χ3n) is 3.11. The molecule has 0 aliphatic heterocycles. The summed E-state index contributed by atoms with van der Waals surface area (Å²) >= 11 is 0. The molecule has 0 aromatic carbocycles. The lowest BCUT2D eigenvalue weighted by Crippen LogP contribution is -2.30. The Balaban J connectivity index is 2.01. The van der Waals surface area contributed by atoms with Crippen LogP contribution in [0.5, 0.6) is 0 Å². The van der Waals surface area contributed by atoms with Gasteiger partial charge in [0, 0.05) is 6.04 Å². The maximum Gasteiger partial charge on any atom is 0.00950 e. The lowest BCUT2D eigenvalue weighted by atomic mass is 9.96. The normalized spacial score (nSPS) is 48.3. The van der Waals surface area contributed by atoms with Gasteiger partial charge in [-0.3, -0.25) is 0 Å². The number of nitrogens with one attached hydrogen (secondary N) is 1. The van der Waals surface area contributed by atoms with E-state index >= 15 is 0 Å². The second-order valence-corrected chi connectivity index (χ2v) is 3.57. The minimum Gasteiger partial charge on any atom is -0.317 e.